The fourth-order valence-electron chi connectivity index (χ4n) is 3.00. The van der Waals surface area contributed by atoms with Gasteiger partial charge in [0.25, 0.3) is 0 Å². The van der Waals surface area contributed by atoms with Crippen LogP contribution in [-0.2, 0) is 0 Å². The predicted molar refractivity (Wildman–Crippen MR) is 116 cm³/mol. The summed E-state index contributed by atoms with van der Waals surface area (Å²) in [5.41, 5.74) is 5.77. The van der Waals surface area contributed by atoms with Gasteiger partial charge in [0.05, 0.1) is 6.61 Å². The van der Waals surface area contributed by atoms with Crippen molar-refractivity contribution in [1.29, 1.82) is 0 Å². The monoisotopic (exact) mass is 364 g/mol. The fourth-order valence-corrected chi connectivity index (χ4v) is 4.11. The molecule has 0 fully saturated rings. The Morgan fingerprint density at radius 1 is 0.962 bits per heavy atom. The zero-order valence-corrected chi connectivity index (χ0v) is 17.0. The molecule has 1 unspecified atom stereocenters. The summed E-state index contributed by atoms with van der Waals surface area (Å²) in [6.07, 6.45) is 3.48. The topological polar surface area (TPSA) is 26.3 Å². The van der Waals surface area contributed by atoms with Crippen LogP contribution in [0.5, 0.6) is 5.75 Å². The molecule has 0 radical (unpaired) electrons. The molecule has 0 aliphatic rings. The molecule has 0 aliphatic carbocycles. The molecule has 0 bridgehead atoms. The zero-order chi connectivity index (χ0) is 18.4. The molecule has 0 N–H and O–H groups in total. The second-order valence-corrected chi connectivity index (χ2v) is 7.95. The Labute approximate surface area is 172 Å². The van der Waals surface area contributed by atoms with E-state index in [1.54, 1.807) is 0 Å². The Balaban J connectivity index is 0.00000338. The van der Waals surface area contributed by atoms with Gasteiger partial charge in [-0.2, -0.15) is 0 Å². The van der Waals surface area contributed by atoms with E-state index in [-0.39, 0.29) is 33.0 Å². The van der Waals surface area contributed by atoms with E-state index in [4.69, 9.17) is 4.74 Å². The first-order chi connectivity index (χ1) is 11.9. The van der Waals surface area contributed by atoms with Crippen molar-refractivity contribution >= 4 is 38.3 Å². The maximum absolute atomic E-state index is 12.8. The number of benzene rings is 2. The van der Waals surface area contributed by atoms with E-state index in [9.17, 15) is 4.79 Å². The van der Waals surface area contributed by atoms with Gasteiger partial charge in [-0.15, -0.1) is 0 Å². The van der Waals surface area contributed by atoms with Gasteiger partial charge in [0.1, 0.15) is 5.75 Å². The van der Waals surface area contributed by atoms with Crippen LogP contribution in [0, 0.1) is 27.7 Å². The third-order valence-electron chi connectivity index (χ3n) is 4.71. The van der Waals surface area contributed by atoms with Crippen LogP contribution in [0.25, 0.3) is 0 Å². The Bertz CT molecular complexity index is 739. The van der Waals surface area contributed by atoms with Crippen molar-refractivity contribution in [1.82, 2.24) is 0 Å². The molecule has 2 rings (SSSR count). The number of hydrogen-bond donors (Lipinski definition) is 0. The van der Waals surface area contributed by atoms with Gasteiger partial charge in [-0.05, 0) is 82.4 Å². The minimum absolute atomic E-state index is 0. The van der Waals surface area contributed by atoms with Crippen molar-refractivity contribution in [2.75, 3.05) is 6.61 Å². The first kappa shape index (κ1) is 23.0. The molecule has 26 heavy (non-hydrogen) atoms. The molecule has 0 spiro atoms. The van der Waals surface area contributed by atoms with Crippen molar-refractivity contribution < 1.29 is 9.53 Å². The number of aryl methyl sites for hydroxylation is 2. The molecule has 136 valence electrons. The van der Waals surface area contributed by atoms with Crippen LogP contribution in [0.4, 0.5) is 0 Å². The summed E-state index contributed by atoms with van der Waals surface area (Å²) in [5, 5.41) is 1.06. The molecule has 2 aromatic carbocycles. The van der Waals surface area contributed by atoms with Crippen LogP contribution in [0.15, 0.2) is 30.3 Å². The average molecular weight is 364 g/mol. The Hall–Kier alpha value is -1.06. The fraction of sp³-hybridized carbons (Fsp3) is 0.409. The number of unbranched alkanes of at least 4 members (excludes halogenated alkanes) is 2. The van der Waals surface area contributed by atoms with Gasteiger partial charge in [0.2, 0.25) is 0 Å². The van der Waals surface area contributed by atoms with E-state index in [1.807, 2.05) is 31.2 Å². The van der Waals surface area contributed by atoms with E-state index >= 15 is 0 Å². The van der Waals surface area contributed by atoms with Crippen molar-refractivity contribution in [2.45, 2.75) is 53.9 Å². The van der Waals surface area contributed by atoms with Crippen molar-refractivity contribution in [3.63, 3.8) is 0 Å². The Kier molecular flexibility index (Phi) is 9.66. The van der Waals surface area contributed by atoms with Gasteiger partial charge in [-0.25, -0.2) is 0 Å². The maximum atomic E-state index is 12.8. The summed E-state index contributed by atoms with van der Waals surface area (Å²) >= 11 is 0. The van der Waals surface area contributed by atoms with Gasteiger partial charge < -0.3 is 4.74 Å². The van der Waals surface area contributed by atoms with Crippen LogP contribution in [0.3, 0.4) is 0 Å². The number of rotatable bonds is 8. The Morgan fingerprint density at radius 3 is 2.23 bits per heavy atom. The summed E-state index contributed by atoms with van der Waals surface area (Å²) in [4.78, 5) is 12.8. The summed E-state index contributed by atoms with van der Waals surface area (Å²) in [7, 11) is 0.146. The second kappa shape index (κ2) is 10.9. The molecule has 1 atom stereocenters. The first-order valence-corrected chi connectivity index (χ1v) is 10.1. The van der Waals surface area contributed by atoms with Gasteiger partial charge in [0.15, 0.2) is 5.52 Å². The molecule has 2 aromatic rings. The van der Waals surface area contributed by atoms with Gasteiger partial charge in [0, 0.05) is 5.56 Å². The Morgan fingerprint density at radius 2 is 1.62 bits per heavy atom. The quantitative estimate of drug-likeness (QED) is 0.375. The van der Waals surface area contributed by atoms with Gasteiger partial charge in [-0.1, -0.05) is 38.0 Å². The van der Waals surface area contributed by atoms with Crippen molar-refractivity contribution in [3.05, 3.63) is 58.1 Å². The van der Waals surface area contributed by atoms with E-state index in [0.717, 1.165) is 40.8 Å². The molecule has 0 heterocycles. The summed E-state index contributed by atoms with van der Waals surface area (Å²) in [5.74, 6) is 0.885. The SMILES string of the molecule is CCCCCOc1ccc(PC(=O)c2c(C)cc(C)c(C)c2C)cc1.[LiH]. The molecule has 4 heteroatoms. The van der Waals surface area contributed by atoms with Gasteiger partial charge in [-0.3, -0.25) is 4.79 Å². The third kappa shape index (κ3) is 5.99. The summed E-state index contributed by atoms with van der Waals surface area (Å²) in [6, 6.07) is 10.1. The van der Waals surface area contributed by atoms with Crippen LogP contribution in [-0.4, -0.2) is 31.0 Å². The minimum atomic E-state index is 0. The summed E-state index contributed by atoms with van der Waals surface area (Å²) < 4.78 is 5.74. The number of carbonyl (C=O) groups is 1. The van der Waals surface area contributed by atoms with Gasteiger partial charge >= 0.3 is 18.9 Å². The summed E-state index contributed by atoms with van der Waals surface area (Å²) in [6.45, 7) is 11.2. The number of carbonyl (C=O) groups excluding carboxylic acids is 1. The molecule has 0 aromatic heterocycles. The standard InChI is InChI=1S/C22H29O2P.Li.H/c1-6-7-8-13-24-19-9-11-20(12-10-19)25-22(23)21-16(3)14-15(2)17(4)18(21)5;;/h9-12,14,25H,6-8,13H2,1-5H3;;. The molecular weight excluding hydrogens is 334 g/mol. The van der Waals surface area contributed by atoms with Crippen molar-refractivity contribution in [3.8, 4) is 5.75 Å². The normalized spacial score (nSPS) is 10.8. The molecule has 2 nitrogen and oxygen atoms in total. The van der Waals surface area contributed by atoms with E-state index in [1.165, 1.54) is 24.0 Å². The number of hydrogen-bond acceptors (Lipinski definition) is 2. The molecular formula is C22H30LiO2P. The molecule has 0 saturated heterocycles. The van der Waals surface area contributed by atoms with E-state index < -0.39 is 0 Å². The first-order valence-electron chi connectivity index (χ1n) is 9.05. The van der Waals surface area contributed by atoms with Crippen molar-refractivity contribution in [2.24, 2.45) is 0 Å². The molecule has 0 saturated carbocycles. The van der Waals surface area contributed by atoms with Crippen LogP contribution in [0.2, 0.25) is 0 Å². The zero-order valence-electron chi connectivity index (χ0n) is 16.0. The van der Waals surface area contributed by atoms with Crippen LogP contribution < -0.4 is 10.0 Å². The van der Waals surface area contributed by atoms with Crippen LogP contribution >= 0.6 is 8.58 Å². The van der Waals surface area contributed by atoms with E-state index in [0.29, 0.717) is 0 Å². The molecule has 0 amide bonds. The predicted octanol–water partition coefficient (Wildman–Crippen LogP) is 4.98. The number of ether oxygens (including phenoxy) is 1. The molecule has 0 aliphatic heterocycles. The third-order valence-corrected chi connectivity index (χ3v) is 5.81. The van der Waals surface area contributed by atoms with E-state index in [2.05, 4.69) is 33.8 Å². The average Bonchev–Trinajstić information content (AvgIpc) is 2.58. The van der Waals surface area contributed by atoms with Crippen LogP contribution in [0.1, 0.15) is 58.8 Å². The second-order valence-electron chi connectivity index (χ2n) is 6.67.